The van der Waals surface area contributed by atoms with Gasteiger partial charge in [0.15, 0.2) is 0 Å². The van der Waals surface area contributed by atoms with Crippen molar-refractivity contribution >= 4 is 42.1 Å². The van der Waals surface area contributed by atoms with Gasteiger partial charge in [-0.2, -0.15) is 0 Å². The van der Waals surface area contributed by atoms with Gasteiger partial charge in [0.1, 0.15) is 4.88 Å². The SMILES string of the molecule is CNCC1CCCN(C(=O)c2sc(C)nc2CC(C)C)C1.Cl.Cl. The molecule has 1 fully saturated rings. The second kappa shape index (κ2) is 10.5. The Morgan fingerprint density at radius 3 is 2.74 bits per heavy atom. The van der Waals surface area contributed by atoms with Crippen LogP contribution in [-0.4, -0.2) is 42.5 Å². The highest BCUT2D eigenvalue weighted by atomic mass is 35.5. The van der Waals surface area contributed by atoms with Crippen LogP contribution >= 0.6 is 36.2 Å². The Kier molecular flexibility index (Phi) is 10.3. The predicted molar refractivity (Wildman–Crippen MR) is 102 cm³/mol. The first-order chi connectivity index (χ1) is 10.0. The van der Waals surface area contributed by atoms with Crippen LogP contribution in [0.5, 0.6) is 0 Å². The van der Waals surface area contributed by atoms with Gasteiger partial charge in [0.05, 0.1) is 10.7 Å². The Labute approximate surface area is 156 Å². The van der Waals surface area contributed by atoms with Gasteiger partial charge < -0.3 is 10.2 Å². The normalized spacial score (nSPS) is 17.6. The maximum absolute atomic E-state index is 12.8. The lowest BCUT2D eigenvalue weighted by atomic mass is 9.97. The number of likely N-dealkylation sites (tertiary alicyclic amines) is 1. The van der Waals surface area contributed by atoms with E-state index in [2.05, 4.69) is 24.1 Å². The summed E-state index contributed by atoms with van der Waals surface area (Å²) in [7, 11) is 1.98. The van der Waals surface area contributed by atoms with Crippen LogP contribution in [0.15, 0.2) is 0 Å². The Bertz CT molecular complexity index is 492. The summed E-state index contributed by atoms with van der Waals surface area (Å²) < 4.78 is 0. The van der Waals surface area contributed by atoms with Crippen molar-refractivity contribution in [1.82, 2.24) is 15.2 Å². The Morgan fingerprint density at radius 2 is 2.13 bits per heavy atom. The van der Waals surface area contributed by atoms with Gasteiger partial charge in [-0.05, 0) is 51.6 Å². The molecule has 1 aliphatic heterocycles. The molecular formula is C16H29Cl2N3OS. The lowest BCUT2D eigenvalue weighted by molar-refractivity contribution is 0.0677. The minimum absolute atomic E-state index is 0. The zero-order chi connectivity index (χ0) is 15.4. The average Bonchev–Trinajstić information content (AvgIpc) is 2.78. The number of nitrogens with zero attached hydrogens (tertiary/aromatic N) is 2. The second-order valence-electron chi connectivity index (χ2n) is 6.42. The van der Waals surface area contributed by atoms with Gasteiger partial charge in [-0.15, -0.1) is 36.2 Å². The monoisotopic (exact) mass is 381 g/mol. The quantitative estimate of drug-likeness (QED) is 0.847. The van der Waals surface area contributed by atoms with E-state index < -0.39 is 0 Å². The summed E-state index contributed by atoms with van der Waals surface area (Å²) in [5, 5.41) is 4.23. The molecule has 0 saturated carbocycles. The summed E-state index contributed by atoms with van der Waals surface area (Å²) in [5.74, 6) is 1.30. The van der Waals surface area contributed by atoms with Crippen LogP contribution in [0.4, 0.5) is 0 Å². The molecule has 7 heteroatoms. The molecule has 0 spiro atoms. The predicted octanol–water partition coefficient (Wildman–Crippen LogP) is 3.57. The fourth-order valence-electron chi connectivity index (χ4n) is 3.01. The van der Waals surface area contributed by atoms with E-state index in [9.17, 15) is 4.79 Å². The van der Waals surface area contributed by atoms with Gasteiger partial charge >= 0.3 is 0 Å². The van der Waals surface area contributed by atoms with E-state index in [1.807, 2.05) is 18.9 Å². The van der Waals surface area contributed by atoms with Crippen LogP contribution in [0.2, 0.25) is 0 Å². The Balaban J connectivity index is 0.00000242. The van der Waals surface area contributed by atoms with Crippen LogP contribution in [0, 0.1) is 18.8 Å². The molecule has 23 heavy (non-hydrogen) atoms. The van der Waals surface area contributed by atoms with Crippen LogP contribution < -0.4 is 5.32 Å². The fourth-order valence-corrected chi connectivity index (χ4v) is 3.93. The number of aromatic nitrogens is 1. The van der Waals surface area contributed by atoms with Crippen molar-refractivity contribution in [3.63, 3.8) is 0 Å². The third-order valence-corrected chi connectivity index (χ3v) is 4.90. The summed E-state index contributed by atoms with van der Waals surface area (Å²) in [6, 6.07) is 0. The number of carbonyl (C=O) groups excluding carboxylic acids is 1. The Morgan fingerprint density at radius 1 is 1.43 bits per heavy atom. The number of piperidine rings is 1. The maximum Gasteiger partial charge on any atom is 0.265 e. The van der Waals surface area contributed by atoms with Crippen LogP contribution in [-0.2, 0) is 6.42 Å². The van der Waals surface area contributed by atoms with Gasteiger partial charge in [0.25, 0.3) is 5.91 Å². The molecule has 1 aromatic heterocycles. The molecular weight excluding hydrogens is 353 g/mol. The molecule has 2 heterocycles. The zero-order valence-corrected chi connectivity index (χ0v) is 16.9. The molecule has 0 aliphatic carbocycles. The topological polar surface area (TPSA) is 45.2 Å². The zero-order valence-electron chi connectivity index (χ0n) is 14.4. The number of hydrogen-bond acceptors (Lipinski definition) is 4. The molecule has 0 aromatic carbocycles. The van der Waals surface area contributed by atoms with Crippen molar-refractivity contribution in [1.29, 1.82) is 0 Å². The number of amides is 1. The number of halogens is 2. The lowest BCUT2D eigenvalue weighted by Crippen LogP contribution is -2.42. The third-order valence-electron chi connectivity index (χ3n) is 3.90. The van der Waals surface area contributed by atoms with Gasteiger partial charge in [0, 0.05) is 13.1 Å². The smallest absolute Gasteiger partial charge is 0.265 e. The van der Waals surface area contributed by atoms with Crippen molar-refractivity contribution in [3.8, 4) is 0 Å². The number of thiazole rings is 1. The van der Waals surface area contributed by atoms with Crippen molar-refractivity contribution in [3.05, 3.63) is 15.6 Å². The molecule has 0 radical (unpaired) electrons. The molecule has 1 amide bonds. The molecule has 4 nitrogen and oxygen atoms in total. The van der Waals surface area contributed by atoms with Crippen molar-refractivity contribution < 1.29 is 4.79 Å². The lowest BCUT2D eigenvalue weighted by Gasteiger charge is -2.32. The van der Waals surface area contributed by atoms with Crippen LogP contribution in [0.1, 0.15) is 47.1 Å². The van der Waals surface area contributed by atoms with E-state index in [-0.39, 0.29) is 30.7 Å². The number of nitrogens with one attached hydrogen (secondary N) is 1. The average molecular weight is 382 g/mol. The van der Waals surface area contributed by atoms with E-state index in [1.54, 1.807) is 11.3 Å². The summed E-state index contributed by atoms with van der Waals surface area (Å²) >= 11 is 1.55. The van der Waals surface area contributed by atoms with Crippen molar-refractivity contribution in [2.45, 2.75) is 40.0 Å². The summed E-state index contributed by atoms with van der Waals surface area (Å²) in [4.78, 5) is 20.3. The van der Waals surface area contributed by atoms with Gasteiger partial charge in [-0.3, -0.25) is 4.79 Å². The molecule has 1 saturated heterocycles. The minimum atomic E-state index is 0. The first kappa shape index (κ1) is 22.6. The highest BCUT2D eigenvalue weighted by Gasteiger charge is 2.27. The largest absolute Gasteiger partial charge is 0.338 e. The molecule has 1 atom stereocenters. The summed E-state index contributed by atoms with van der Waals surface area (Å²) in [6.45, 7) is 9.09. The molecule has 134 valence electrons. The first-order valence-corrected chi connectivity index (χ1v) is 8.73. The third kappa shape index (κ3) is 6.22. The van der Waals surface area contributed by atoms with Gasteiger partial charge in [-0.1, -0.05) is 13.8 Å². The number of carbonyl (C=O) groups is 1. The van der Waals surface area contributed by atoms with Gasteiger partial charge in [0.2, 0.25) is 0 Å². The van der Waals surface area contributed by atoms with E-state index in [4.69, 9.17) is 0 Å². The fraction of sp³-hybridized carbons (Fsp3) is 0.750. The van der Waals surface area contributed by atoms with Crippen LogP contribution in [0.3, 0.4) is 0 Å². The Hall–Kier alpha value is -0.360. The van der Waals surface area contributed by atoms with Crippen molar-refractivity contribution in [2.24, 2.45) is 11.8 Å². The van der Waals surface area contributed by atoms with E-state index in [0.29, 0.717) is 11.8 Å². The molecule has 1 aliphatic rings. The number of rotatable bonds is 5. The number of hydrogen-bond donors (Lipinski definition) is 1. The summed E-state index contributed by atoms with van der Waals surface area (Å²) in [6.07, 6.45) is 3.21. The van der Waals surface area contributed by atoms with Crippen LogP contribution in [0.25, 0.3) is 0 Å². The van der Waals surface area contributed by atoms with E-state index in [1.165, 1.54) is 6.42 Å². The number of aryl methyl sites for hydroxylation is 1. The molecule has 2 rings (SSSR count). The molecule has 1 N–H and O–H groups in total. The first-order valence-electron chi connectivity index (χ1n) is 7.91. The second-order valence-corrected chi connectivity index (χ2v) is 7.63. The summed E-state index contributed by atoms with van der Waals surface area (Å²) in [5.41, 5.74) is 0.994. The van der Waals surface area contributed by atoms with E-state index >= 15 is 0 Å². The molecule has 1 aromatic rings. The maximum atomic E-state index is 12.8. The van der Waals surface area contributed by atoms with Crippen molar-refractivity contribution in [2.75, 3.05) is 26.7 Å². The molecule has 0 bridgehead atoms. The molecule has 1 unspecified atom stereocenters. The van der Waals surface area contributed by atoms with Gasteiger partial charge in [-0.25, -0.2) is 4.98 Å². The minimum Gasteiger partial charge on any atom is -0.338 e. The van der Waals surface area contributed by atoms with E-state index in [0.717, 1.165) is 48.1 Å². The highest BCUT2D eigenvalue weighted by molar-refractivity contribution is 7.13. The standard InChI is InChI=1S/C16H27N3OS.2ClH/c1-11(2)8-14-15(21-12(3)18-14)16(20)19-7-5-6-13(10-19)9-17-4;;/h11,13,17H,5-10H2,1-4H3;2*1H. The highest BCUT2D eigenvalue weighted by Crippen LogP contribution is 2.25.